The first-order valence-electron chi connectivity index (χ1n) is 5.88. The van der Waals surface area contributed by atoms with Crippen molar-refractivity contribution in [1.82, 2.24) is 0 Å². The fourth-order valence-corrected chi connectivity index (χ4v) is 1.85. The van der Waals surface area contributed by atoms with Crippen LogP contribution in [0.1, 0.15) is 30.5 Å². The van der Waals surface area contributed by atoms with Crippen LogP contribution in [0.2, 0.25) is 0 Å². The van der Waals surface area contributed by atoms with Gasteiger partial charge in [-0.05, 0) is 37.0 Å². The Labute approximate surface area is 102 Å². The van der Waals surface area contributed by atoms with Crippen LogP contribution < -0.4 is 0 Å². The molecule has 0 saturated carbocycles. The third-order valence-corrected chi connectivity index (χ3v) is 2.89. The minimum atomic E-state index is -1.26. The number of benzene rings is 2. The van der Waals surface area contributed by atoms with Crippen molar-refractivity contribution in [1.29, 1.82) is 0 Å². The fraction of sp³-hybridized carbons (Fsp3) is 0.250. The zero-order chi connectivity index (χ0) is 12.3. The average molecular weight is 228 g/mol. The Balaban J connectivity index is 2.14. The van der Waals surface area contributed by atoms with Gasteiger partial charge in [-0.25, -0.2) is 4.39 Å². The van der Waals surface area contributed by atoms with Crippen LogP contribution >= 0.6 is 0 Å². The summed E-state index contributed by atoms with van der Waals surface area (Å²) < 4.78 is 13.7. The number of rotatable bonds is 3. The van der Waals surface area contributed by atoms with Gasteiger partial charge in [0, 0.05) is 0 Å². The van der Waals surface area contributed by atoms with Gasteiger partial charge in [-0.1, -0.05) is 54.6 Å². The third kappa shape index (κ3) is 3.16. The maximum Gasteiger partial charge on any atom is 0.130 e. The van der Waals surface area contributed by atoms with E-state index in [1.54, 1.807) is 13.8 Å². The van der Waals surface area contributed by atoms with Crippen LogP contribution in [-0.2, 0) is 12.1 Å². The molecular formula is C16H17F. The fourth-order valence-electron chi connectivity index (χ4n) is 1.85. The molecule has 0 aliphatic rings. The van der Waals surface area contributed by atoms with Gasteiger partial charge in [0.2, 0.25) is 0 Å². The van der Waals surface area contributed by atoms with E-state index in [0.29, 0.717) is 0 Å². The Morgan fingerprint density at radius 1 is 0.824 bits per heavy atom. The van der Waals surface area contributed by atoms with Gasteiger partial charge in [-0.2, -0.15) is 0 Å². The van der Waals surface area contributed by atoms with Gasteiger partial charge in [0.05, 0.1) is 0 Å². The molecule has 0 heterocycles. The number of hydrogen-bond acceptors (Lipinski definition) is 0. The average Bonchev–Trinajstić information content (AvgIpc) is 2.30. The Morgan fingerprint density at radius 2 is 1.35 bits per heavy atom. The van der Waals surface area contributed by atoms with E-state index < -0.39 is 5.67 Å². The summed E-state index contributed by atoms with van der Waals surface area (Å²) in [4.78, 5) is 0. The summed E-state index contributed by atoms with van der Waals surface area (Å²) in [5.41, 5.74) is 1.96. The van der Waals surface area contributed by atoms with Crippen molar-refractivity contribution >= 4 is 0 Å². The normalized spacial score (nSPS) is 11.5. The molecule has 0 bridgehead atoms. The summed E-state index contributed by atoms with van der Waals surface area (Å²) in [7, 11) is 0. The Hall–Kier alpha value is -1.63. The molecule has 0 amide bonds. The topological polar surface area (TPSA) is 0 Å². The van der Waals surface area contributed by atoms with Crippen molar-refractivity contribution in [2.24, 2.45) is 0 Å². The molecule has 88 valence electrons. The highest BCUT2D eigenvalue weighted by Gasteiger charge is 2.17. The van der Waals surface area contributed by atoms with E-state index in [0.717, 1.165) is 12.0 Å². The van der Waals surface area contributed by atoms with Crippen LogP contribution in [0.4, 0.5) is 4.39 Å². The largest absolute Gasteiger partial charge is 0.239 e. The summed E-state index contributed by atoms with van der Waals surface area (Å²) in [5, 5.41) is 0. The molecule has 1 heteroatoms. The van der Waals surface area contributed by atoms with E-state index in [1.165, 1.54) is 11.1 Å². The van der Waals surface area contributed by atoms with Gasteiger partial charge in [0.15, 0.2) is 0 Å². The zero-order valence-corrected chi connectivity index (χ0v) is 10.3. The van der Waals surface area contributed by atoms with Crippen LogP contribution in [0.15, 0.2) is 54.6 Å². The molecule has 0 aliphatic carbocycles. The van der Waals surface area contributed by atoms with Crippen LogP contribution in [0.5, 0.6) is 0 Å². The molecule has 2 rings (SSSR count). The van der Waals surface area contributed by atoms with Crippen molar-refractivity contribution in [3.63, 3.8) is 0 Å². The maximum atomic E-state index is 13.7. The van der Waals surface area contributed by atoms with Crippen LogP contribution in [-0.4, -0.2) is 0 Å². The summed E-state index contributed by atoms with van der Waals surface area (Å²) in [6.45, 7) is 3.17. The minimum Gasteiger partial charge on any atom is -0.239 e. The van der Waals surface area contributed by atoms with Crippen LogP contribution in [0.25, 0.3) is 0 Å². The molecule has 0 saturated heterocycles. The molecule has 0 atom stereocenters. The minimum absolute atomic E-state index is 0.731. The lowest BCUT2D eigenvalue weighted by molar-refractivity contribution is 0.221. The van der Waals surface area contributed by atoms with Crippen LogP contribution in [0.3, 0.4) is 0 Å². The monoisotopic (exact) mass is 228 g/mol. The SMILES string of the molecule is CC(C)(F)c1ccc(Cc2ccccc2)cc1. The number of halogens is 1. The molecule has 0 aromatic heterocycles. The zero-order valence-electron chi connectivity index (χ0n) is 10.3. The highest BCUT2D eigenvalue weighted by molar-refractivity contribution is 5.30. The molecule has 0 fully saturated rings. The molecule has 0 spiro atoms. The predicted octanol–water partition coefficient (Wildman–Crippen LogP) is 4.48. The molecule has 0 N–H and O–H groups in total. The van der Waals surface area contributed by atoms with Crippen molar-refractivity contribution in [3.05, 3.63) is 71.3 Å². The molecule has 17 heavy (non-hydrogen) atoms. The van der Waals surface area contributed by atoms with Gasteiger partial charge >= 0.3 is 0 Å². The Bertz CT molecular complexity index is 463. The number of alkyl halides is 1. The lowest BCUT2D eigenvalue weighted by Gasteiger charge is -2.14. The van der Waals surface area contributed by atoms with Crippen molar-refractivity contribution in [3.8, 4) is 0 Å². The smallest absolute Gasteiger partial charge is 0.130 e. The van der Waals surface area contributed by atoms with E-state index in [4.69, 9.17) is 0 Å². The molecule has 2 aromatic rings. The third-order valence-electron chi connectivity index (χ3n) is 2.89. The quantitative estimate of drug-likeness (QED) is 0.726. The number of hydrogen-bond donors (Lipinski definition) is 0. The van der Waals surface area contributed by atoms with E-state index in [1.807, 2.05) is 42.5 Å². The predicted molar refractivity (Wildman–Crippen MR) is 69.8 cm³/mol. The van der Waals surface area contributed by atoms with E-state index in [2.05, 4.69) is 12.1 Å². The first-order valence-corrected chi connectivity index (χ1v) is 5.88. The Kier molecular flexibility index (Phi) is 3.28. The summed E-state index contributed by atoms with van der Waals surface area (Å²) >= 11 is 0. The summed E-state index contributed by atoms with van der Waals surface area (Å²) in [6, 6.07) is 18.0. The first-order chi connectivity index (χ1) is 8.05. The van der Waals surface area contributed by atoms with Gasteiger partial charge < -0.3 is 0 Å². The van der Waals surface area contributed by atoms with Crippen molar-refractivity contribution in [2.75, 3.05) is 0 Å². The molecule has 0 nitrogen and oxygen atoms in total. The molecule has 0 unspecified atom stereocenters. The van der Waals surface area contributed by atoms with E-state index in [9.17, 15) is 4.39 Å². The highest BCUT2D eigenvalue weighted by Crippen LogP contribution is 2.24. The molecule has 0 radical (unpaired) electrons. The second-order valence-electron chi connectivity index (χ2n) is 4.83. The van der Waals surface area contributed by atoms with Gasteiger partial charge in [-0.3, -0.25) is 0 Å². The van der Waals surface area contributed by atoms with E-state index >= 15 is 0 Å². The van der Waals surface area contributed by atoms with Crippen molar-refractivity contribution in [2.45, 2.75) is 25.9 Å². The second kappa shape index (κ2) is 4.70. The van der Waals surface area contributed by atoms with Gasteiger partial charge in [0.1, 0.15) is 5.67 Å². The van der Waals surface area contributed by atoms with Crippen molar-refractivity contribution < 1.29 is 4.39 Å². The standard InChI is InChI=1S/C16H17F/c1-16(2,17)15-10-8-14(9-11-15)12-13-6-4-3-5-7-13/h3-11H,12H2,1-2H3. The maximum absolute atomic E-state index is 13.7. The molecule has 0 aliphatic heterocycles. The Morgan fingerprint density at radius 3 is 1.88 bits per heavy atom. The lowest BCUT2D eigenvalue weighted by atomic mass is 9.97. The highest BCUT2D eigenvalue weighted by atomic mass is 19.1. The second-order valence-corrected chi connectivity index (χ2v) is 4.83. The molecular weight excluding hydrogens is 211 g/mol. The molecule has 2 aromatic carbocycles. The summed E-state index contributed by atoms with van der Waals surface area (Å²) in [5.74, 6) is 0. The first kappa shape index (κ1) is 11.8. The lowest BCUT2D eigenvalue weighted by Crippen LogP contribution is -2.08. The van der Waals surface area contributed by atoms with Gasteiger partial charge in [-0.15, -0.1) is 0 Å². The van der Waals surface area contributed by atoms with Crippen LogP contribution in [0, 0.1) is 0 Å². The van der Waals surface area contributed by atoms with E-state index in [-0.39, 0.29) is 0 Å². The van der Waals surface area contributed by atoms with Gasteiger partial charge in [0.25, 0.3) is 0 Å². The summed E-state index contributed by atoms with van der Waals surface area (Å²) in [6.07, 6.45) is 0.897.